The van der Waals surface area contributed by atoms with Gasteiger partial charge in [0.1, 0.15) is 0 Å². The van der Waals surface area contributed by atoms with Crippen molar-refractivity contribution < 1.29 is 14.7 Å². The average Bonchev–Trinajstić information content (AvgIpc) is 2.21. The van der Waals surface area contributed by atoms with Gasteiger partial charge in [0, 0.05) is 18.9 Å². The first-order valence-corrected chi connectivity index (χ1v) is 6.89. The van der Waals surface area contributed by atoms with Gasteiger partial charge in [-0.2, -0.15) is 0 Å². The number of aliphatic carboxylic acids is 1. The van der Waals surface area contributed by atoms with Crippen molar-refractivity contribution in [3.05, 3.63) is 0 Å². The fraction of sp³-hybridized carbons (Fsp3) is 0.857. The molecule has 0 radical (unpaired) electrons. The molecule has 4 heteroatoms. The van der Waals surface area contributed by atoms with E-state index < -0.39 is 5.97 Å². The normalized spacial score (nSPS) is 29.6. The summed E-state index contributed by atoms with van der Waals surface area (Å²) < 4.78 is 0. The topological polar surface area (TPSA) is 66.4 Å². The predicted octanol–water partition coefficient (Wildman–Crippen LogP) is 2.43. The van der Waals surface area contributed by atoms with Gasteiger partial charge in [0.05, 0.1) is 0 Å². The van der Waals surface area contributed by atoms with E-state index in [4.69, 9.17) is 5.11 Å². The molecule has 0 aromatic rings. The standard InChI is InChI=1S/C14H25NO3/c1-9(7-14(17)18)6-13(16)15-12-5-4-10(2)11(3)8-12/h9-12H,4-8H2,1-3H3,(H,15,16)(H,17,18). The molecule has 1 saturated carbocycles. The van der Waals surface area contributed by atoms with Crippen LogP contribution in [0, 0.1) is 17.8 Å². The van der Waals surface area contributed by atoms with E-state index in [9.17, 15) is 9.59 Å². The Morgan fingerprint density at radius 1 is 1.22 bits per heavy atom. The van der Waals surface area contributed by atoms with Gasteiger partial charge in [-0.15, -0.1) is 0 Å². The van der Waals surface area contributed by atoms with Crippen LogP contribution in [0.2, 0.25) is 0 Å². The Kier molecular flexibility index (Phi) is 5.63. The second kappa shape index (κ2) is 6.76. The van der Waals surface area contributed by atoms with Crippen molar-refractivity contribution in [2.75, 3.05) is 0 Å². The molecule has 0 heterocycles. The molecule has 104 valence electrons. The van der Waals surface area contributed by atoms with Crippen molar-refractivity contribution in [1.29, 1.82) is 0 Å². The molecular weight excluding hydrogens is 230 g/mol. The van der Waals surface area contributed by atoms with Crippen LogP contribution in [-0.4, -0.2) is 23.0 Å². The van der Waals surface area contributed by atoms with Crippen LogP contribution in [0.3, 0.4) is 0 Å². The second-order valence-electron chi connectivity index (χ2n) is 5.94. The van der Waals surface area contributed by atoms with Gasteiger partial charge >= 0.3 is 5.97 Å². The largest absolute Gasteiger partial charge is 0.481 e. The average molecular weight is 255 g/mol. The minimum absolute atomic E-state index is 0.00416. The fourth-order valence-corrected chi connectivity index (χ4v) is 2.65. The number of nitrogens with one attached hydrogen (secondary N) is 1. The van der Waals surface area contributed by atoms with Gasteiger partial charge in [-0.3, -0.25) is 9.59 Å². The van der Waals surface area contributed by atoms with Crippen molar-refractivity contribution in [1.82, 2.24) is 5.32 Å². The molecule has 0 aromatic heterocycles. The number of rotatable bonds is 5. The molecule has 0 aliphatic heterocycles. The van der Waals surface area contributed by atoms with Crippen molar-refractivity contribution in [2.24, 2.45) is 17.8 Å². The number of carboxylic acid groups (broad SMARTS) is 1. The lowest BCUT2D eigenvalue weighted by atomic mass is 9.79. The third-order valence-electron chi connectivity index (χ3n) is 4.02. The number of hydrogen-bond acceptors (Lipinski definition) is 2. The van der Waals surface area contributed by atoms with E-state index in [1.54, 1.807) is 6.92 Å². The Hall–Kier alpha value is -1.06. The van der Waals surface area contributed by atoms with Crippen LogP contribution in [0.5, 0.6) is 0 Å². The molecule has 2 N–H and O–H groups in total. The maximum absolute atomic E-state index is 11.8. The summed E-state index contributed by atoms with van der Waals surface area (Å²) in [5.41, 5.74) is 0. The van der Waals surface area contributed by atoms with Crippen LogP contribution in [0.1, 0.15) is 52.9 Å². The van der Waals surface area contributed by atoms with Crippen LogP contribution in [0.25, 0.3) is 0 Å². The van der Waals surface area contributed by atoms with Crippen LogP contribution >= 0.6 is 0 Å². The lowest BCUT2D eigenvalue weighted by molar-refractivity contribution is -0.138. The summed E-state index contributed by atoms with van der Waals surface area (Å²) in [4.78, 5) is 22.3. The van der Waals surface area contributed by atoms with E-state index in [0.29, 0.717) is 12.3 Å². The molecule has 1 aliphatic carbocycles. The first kappa shape index (κ1) is 15.0. The highest BCUT2D eigenvalue weighted by molar-refractivity contribution is 5.77. The number of carboxylic acids is 1. The smallest absolute Gasteiger partial charge is 0.303 e. The van der Waals surface area contributed by atoms with Gasteiger partial charge in [0.15, 0.2) is 0 Å². The van der Waals surface area contributed by atoms with E-state index in [-0.39, 0.29) is 24.3 Å². The van der Waals surface area contributed by atoms with Crippen molar-refractivity contribution in [3.8, 4) is 0 Å². The Morgan fingerprint density at radius 3 is 2.44 bits per heavy atom. The summed E-state index contributed by atoms with van der Waals surface area (Å²) in [5.74, 6) is 0.456. The molecule has 0 aromatic carbocycles. The fourth-order valence-electron chi connectivity index (χ4n) is 2.65. The molecule has 1 rings (SSSR count). The molecule has 18 heavy (non-hydrogen) atoms. The van der Waals surface area contributed by atoms with Gasteiger partial charge in [-0.05, 0) is 37.0 Å². The van der Waals surface area contributed by atoms with E-state index in [0.717, 1.165) is 25.2 Å². The number of carbonyl (C=O) groups is 2. The Labute approximate surface area is 109 Å². The molecule has 4 nitrogen and oxygen atoms in total. The number of amides is 1. The molecule has 1 fully saturated rings. The summed E-state index contributed by atoms with van der Waals surface area (Å²) in [6, 6.07) is 0.278. The van der Waals surface area contributed by atoms with E-state index in [1.165, 1.54) is 0 Å². The lowest BCUT2D eigenvalue weighted by Gasteiger charge is -2.32. The molecule has 0 saturated heterocycles. The van der Waals surface area contributed by atoms with Crippen LogP contribution < -0.4 is 5.32 Å². The quantitative estimate of drug-likeness (QED) is 0.793. The number of hydrogen-bond donors (Lipinski definition) is 2. The zero-order valence-corrected chi connectivity index (χ0v) is 11.6. The van der Waals surface area contributed by atoms with Gasteiger partial charge in [-0.25, -0.2) is 0 Å². The van der Waals surface area contributed by atoms with Crippen molar-refractivity contribution in [2.45, 2.75) is 58.9 Å². The van der Waals surface area contributed by atoms with Gasteiger partial charge in [-0.1, -0.05) is 20.8 Å². The van der Waals surface area contributed by atoms with E-state index in [1.807, 2.05) is 0 Å². The SMILES string of the molecule is CC(CC(=O)O)CC(=O)NC1CCC(C)C(C)C1. The highest BCUT2D eigenvalue weighted by Gasteiger charge is 2.25. The first-order valence-electron chi connectivity index (χ1n) is 6.89. The Bertz CT molecular complexity index is 303. The summed E-state index contributed by atoms with van der Waals surface area (Å²) >= 11 is 0. The minimum Gasteiger partial charge on any atom is -0.481 e. The summed E-state index contributed by atoms with van der Waals surface area (Å²) in [6.45, 7) is 6.30. The lowest BCUT2D eigenvalue weighted by Crippen LogP contribution is -2.40. The molecule has 4 atom stereocenters. The molecule has 4 unspecified atom stereocenters. The van der Waals surface area contributed by atoms with E-state index in [2.05, 4.69) is 19.2 Å². The second-order valence-corrected chi connectivity index (χ2v) is 5.94. The maximum atomic E-state index is 11.8. The molecule has 1 amide bonds. The van der Waals surface area contributed by atoms with Crippen LogP contribution in [0.4, 0.5) is 0 Å². The van der Waals surface area contributed by atoms with Gasteiger partial charge in [0.2, 0.25) is 5.91 Å². The molecule has 0 spiro atoms. The van der Waals surface area contributed by atoms with Gasteiger partial charge in [0.25, 0.3) is 0 Å². The highest BCUT2D eigenvalue weighted by Crippen LogP contribution is 2.29. The van der Waals surface area contributed by atoms with E-state index >= 15 is 0 Å². The zero-order chi connectivity index (χ0) is 13.7. The summed E-state index contributed by atoms with van der Waals surface area (Å²) in [5, 5.41) is 11.7. The monoisotopic (exact) mass is 255 g/mol. The minimum atomic E-state index is -0.838. The van der Waals surface area contributed by atoms with Crippen LogP contribution in [0.15, 0.2) is 0 Å². The Morgan fingerprint density at radius 2 is 1.89 bits per heavy atom. The predicted molar refractivity (Wildman–Crippen MR) is 70.1 cm³/mol. The zero-order valence-electron chi connectivity index (χ0n) is 11.6. The first-order chi connectivity index (χ1) is 8.38. The molecule has 1 aliphatic rings. The molecule has 0 bridgehead atoms. The summed E-state index contributed by atoms with van der Waals surface area (Å²) in [7, 11) is 0. The van der Waals surface area contributed by atoms with Gasteiger partial charge < -0.3 is 10.4 Å². The third kappa shape index (κ3) is 5.07. The maximum Gasteiger partial charge on any atom is 0.303 e. The summed E-state index contributed by atoms with van der Waals surface area (Å²) in [6.07, 6.45) is 3.62. The van der Waals surface area contributed by atoms with Crippen molar-refractivity contribution >= 4 is 11.9 Å². The van der Waals surface area contributed by atoms with Crippen LogP contribution in [-0.2, 0) is 9.59 Å². The van der Waals surface area contributed by atoms with Crippen molar-refractivity contribution in [3.63, 3.8) is 0 Å². The highest BCUT2D eigenvalue weighted by atomic mass is 16.4. The molecular formula is C14H25NO3. The Balaban J connectivity index is 2.30. The number of carbonyl (C=O) groups excluding carboxylic acids is 1. The third-order valence-corrected chi connectivity index (χ3v) is 4.02.